The van der Waals surface area contributed by atoms with Gasteiger partial charge in [0.15, 0.2) is 0 Å². The van der Waals surface area contributed by atoms with E-state index in [1.54, 1.807) is 21.9 Å². The molecule has 2 saturated heterocycles. The maximum absolute atomic E-state index is 14.1. The van der Waals surface area contributed by atoms with Crippen molar-refractivity contribution in [3.8, 4) is 11.4 Å². The van der Waals surface area contributed by atoms with Gasteiger partial charge in [-0.1, -0.05) is 35.8 Å². The zero-order valence-corrected chi connectivity index (χ0v) is 20.0. The fourth-order valence-electron chi connectivity index (χ4n) is 5.24. The maximum atomic E-state index is 14.1. The molecule has 2 aliphatic heterocycles. The van der Waals surface area contributed by atoms with Crippen LogP contribution in [-0.4, -0.2) is 59.6 Å². The number of benzene rings is 2. The van der Waals surface area contributed by atoms with Gasteiger partial charge in [-0.25, -0.2) is 4.39 Å². The Hall–Kier alpha value is -3.75. The molecule has 1 aromatic heterocycles. The van der Waals surface area contributed by atoms with E-state index in [1.165, 1.54) is 12.5 Å². The molecule has 3 heterocycles. The first-order valence-corrected chi connectivity index (χ1v) is 12.6. The number of amides is 2. The normalized spacial score (nSPS) is 20.6. The number of rotatable bonds is 5. The van der Waals surface area contributed by atoms with Crippen LogP contribution in [0.2, 0.25) is 0 Å². The minimum absolute atomic E-state index is 0.0153. The van der Waals surface area contributed by atoms with Crippen molar-refractivity contribution < 1.29 is 18.5 Å². The predicted molar refractivity (Wildman–Crippen MR) is 132 cm³/mol. The van der Waals surface area contributed by atoms with E-state index in [2.05, 4.69) is 10.1 Å². The lowest BCUT2D eigenvalue weighted by Gasteiger charge is -2.37. The molecule has 8 nitrogen and oxygen atoms in total. The average molecular weight is 490 g/mol. The SMILES string of the molecule is O=C(C1CC(=O)N(c2cccc(-c3noc(C4CCC4)n3)c2)C1)N1CCN(c2ccccc2F)CC1. The zero-order chi connectivity index (χ0) is 24.6. The van der Waals surface area contributed by atoms with Crippen LogP contribution in [0.4, 0.5) is 15.8 Å². The summed E-state index contributed by atoms with van der Waals surface area (Å²) in [5, 5.41) is 4.14. The molecule has 9 heteroatoms. The molecule has 2 amide bonds. The molecule has 186 valence electrons. The van der Waals surface area contributed by atoms with Crippen LogP contribution in [0, 0.1) is 11.7 Å². The number of nitrogens with zero attached hydrogens (tertiary/aromatic N) is 5. The highest BCUT2D eigenvalue weighted by atomic mass is 19.1. The van der Waals surface area contributed by atoms with Gasteiger partial charge in [-0.3, -0.25) is 9.59 Å². The Morgan fingerprint density at radius 3 is 2.58 bits per heavy atom. The van der Waals surface area contributed by atoms with Gasteiger partial charge in [0.05, 0.1) is 11.6 Å². The van der Waals surface area contributed by atoms with Crippen molar-refractivity contribution in [2.75, 3.05) is 42.5 Å². The van der Waals surface area contributed by atoms with Gasteiger partial charge in [0.1, 0.15) is 5.82 Å². The number of carbonyl (C=O) groups excluding carboxylic acids is 2. The van der Waals surface area contributed by atoms with Crippen LogP contribution in [0.1, 0.15) is 37.5 Å². The summed E-state index contributed by atoms with van der Waals surface area (Å²) in [5.41, 5.74) is 2.08. The lowest BCUT2D eigenvalue weighted by Crippen LogP contribution is -2.51. The molecule has 1 unspecified atom stereocenters. The van der Waals surface area contributed by atoms with E-state index in [0.717, 1.165) is 24.1 Å². The van der Waals surface area contributed by atoms with Crippen molar-refractivity contribution in [3.63, 3.8) is 0 Å². The topological polar surface area (TPSA) is 82.8 Å². The summed E-state index contributed by atoms with van der Waals surface area (Å²) in [6, 6.07) is 14.2. The summed E-state index contributed by atoms with van der Waals surface area (Å²) in [4.78, 5) is 36.1. The van der Waals surface area contributed by atoms with E-state index in [0.29, 0.717) is 56.0 Å². The van der Waals surface area contributed by atoms with Crippen molar-refractivity contribution in [2.24, 2.45) is 5.92 Å². The number of carbonyl (C=O) groups is 2. The van der Waals surface area contributed by atoms with Gasteiger partial charge in [0.25, 0.3) is 0 Å². The lowest BCUT2D eigenvalue weighted by atomic mass is 9.85. The second kappa shape index (κ2) is 9.37. The van der Waals surface area contributed by atoms with Crippen LogP contribution >= 0.6 is 0 Å². The fraction of sp³-hybridized carbons (Fsp3) is 0.407. The van der Waals surface area contributed by atoms with Crippen LogP contribution in [0.25, 0.3) is 11.4 Å². The number of halogens is 1. The molecular weight excluding hydrogens is 461 g/mol. The van der Waals surface area contributed by atoms with Crippen LogP contribution in [-0.2, 0) is 9.59 Å². The van der Waals surface area contributed by atoms with Gasteiger partial charge in [-0.15, -0.1) is 0 Å². The summed E-state index contributed by atoms with van der Waals surface area (Å²) in [7, 11) is 0. The first-order chi connectivity index (χ1) is 17.6. The molecule has 0 bridgehead atoms. The van der Waals surface area contributed by atoms with Crippen molar-refractivity contribution >= 4 is 23.2 Å². The van der Waals surface area contributed by atoms with E-state index in [9.17, 15) is 14.0 Å². The van der Waals surface area contributed by atoms with Gasteiger partial charge in [-0.2, -0.15) is 4.98 Å². The van der Waals surface area contributed by atoms with Gasteiger partial charge in [-0.05, 0) is 37.1 Å². The van der Waals surface area contributed by atoms with E-state index < -0.39 is 5.92 Å². The third-order valence-electron chi connectivity index (χ3n) is 7.57. The minimum atomic E-state index is -0.392. The summed E-state index contributed by atoms with van der Waals surface area (Å²) in [5.74, 6) is 0.825. The molecular formula is C27H28FN5O3. The van der Waals surface area contributed by atoms with Crippen LogP contribution < -0.4 is 9.80 Å². The smallest absolute Gasteiger partial charge is 0.230 e. The first-order valence-electron chi connectivity index (χ1n) is 12.6. The standard InChI is InChI=1S/C27H28FN5O3/c28-22-9-1-2-10-23(22)31-11-13-32(14-12-31)27(35)20-16-24(34)33(17-20)21-8-4-7-19(15-21)25-29-26(36-30-25)18-5-3-6-18/h1-2,4,7-10,15,18,20H,3,5-6,11-14,16-17H2. The highest BCUT2D eigenvalue weighted by Gasteiger charge is 2.38. The van der Waals surface area contributed by atoms with Crippen LogP contribution in [0.3, 0.4) is 0 Å². The van der Waals surface area contributed by atoms with Gasteiger partial charge >= 0.3 is 0 Å². The van der Waals surface area contributed by atoms with E-state index >= 15 is 0 Å². The molecule has 2 aromatic carbocycles. The highest BCUT2D eigenvalue weighted by Crippen LogP contribution is 2.36. The predicted octanol–water partition coefficient (Wildman–Crippen LogP) is 3.84. The zero-order valence-electron chi connectivity index (χ0n) is 20.0. The molecule has 1 aliphatic carbocycles. The van der Waals surface area contributed by atoms with Crippen molar-refractivity contribution in [2.45, 2.75) is 31.6 Å². The van der Waals surface area contributed by atoms with Crippen LogP contribution in [0.15, 0.2) is 53.1 Å². The van der Waals surface area contributed by atoms with Crippen LogP contribution in [0.5, 0.6) is 0 Å². The Balaban J connectivity index is 1.10. The molecule has 3 aliphatic rings. The summed E-state index contributed by atoms with van der Waals surface area (Å²) in [6.07, 6.45) is 3.54. The molecule has 3 fully saturated rings. The molecule has 36 heavy (non-hydrogen) atoms. The molecule has 1 atom stereocenters. The largest absolute Gasteiger partial charge is 0.366 e. The number of hydrogen-bond acceptors (Lipinski definition) is 6. The minimum Gasteiger partial charge on any atom is -0.366 e. The van der Waals surface area contributed by atoms with E-state index in [1.807, 2.05) is 35.2 Å². The molecule has 0 spiro atoms. The Bertz CT molecular complexity index is 1280. The molecule has 1 saturated carbocycles. The number of hydrogen-bond donors (Lipinski definition) is 0. The summed E-state index contributed by atoms with van der Waals surface area (Å²) >= 11 is 0. The molecule has 0 N–H and O–H groups in total. The molecule has 3 aromatic rings. The number of aromatic nitrogens is 2. The van der Waals surface area contributed by atoms with Crippen molar-refractivity contribution in [3.05, 3.63) is 60.2 Å². The third-order valence-corrected chi connectivity index (χ3v) is 7.57. The number of anilines is 2. The highest BCUT2D eigenvalue weighted by molar-refractivity contribution is 6.00. The Morgan fingerprint density at radius 2 is 1.83 bits per heavy atom. The van der Waals surface area contributed by atoms with Crippen molar-refractivity contribution in [1.29, 1.82) is 0 Å². The lowest BCUT2D eigenvalue weighted by molar-refractivity contribution is -0.136. The summed E-state index contributed by atoms with van der Waals surface area (Å²) < 4.78 is 19.6. The second-order valence-corrected chi connectivity index (χ2v) is 9.80. The quantitative estimate of drug-likeness (QED) is 0.542. The summed E-state index contributed by atoms with van der Waals surface area (Å²) in [6.45, 7) is 2.48. The van der Waals surface area contributed by atoms with Crippen molar-refractivity contribution in [1.82, 2.24) is 15.0 Å². The fourth-order valence-corrected chi connectivity index (χ4v) is 5.24. The Labute approximate surface area is 208 Å². The number of para-hydroxylation sites is 1. The van der Waals surface area contributed by atoms with Gasteiger partial charge < -0.3 is 19.2 Å². The molecule has 6 rings (SSSR count). The first kappa shape index (κ1) is 22.7. The number of piperazine rings is 1. The Kier molecular flexibility index (Phi) is 5.91. The third kappa shape index (κ3) is 4.23. The Morgan fingerprint density at radius 1 is 1.03 bits per heavy atom. The monoisotopic (exact) mass is 489 g/mol. The average Bonchev–Trinajstić information content (AvgIpc) is 3.50. The van der Waals surface area contributed by atoms with E-state index in [-0.39, 0.29) is 24.1 Å². The second-order valence-electron chi connectivity index (χ2n) is 9.80. The van der Waals surface area contributed by atoms with E-state index in [4.69, 9.17) is 4.52 Å². The maximum Gasteiger partial charge on any atom is 0.230 e. The van der Waals surface area contributed by atoms with Gasteiger partial charge in [0.2, 0.25) is 23.5 Å². The molecule has 0 radical (unpaired) electrons. The van der Waals surface area contributed by atoms with Gasteiger partial charge in [0, 0.05) is 56.3 Å².